The first-order chi connectivity index (χ1) is 16.8. The first-order valence-corrected chi connectivity index (χ1v) is 15.1. The van der Waals surface area contributed by atoms with Crippen LogP contribution < -0.4 is 5.32 Å². The van der Waals surface area contributed by atoms with Gasteiger partial charge in [0, 0.05) is 6.54 Å². The van der Waals surface area contributed by atoms with E-state index in [2.05, 4.69) is 53.8 Å². The summed E-state index contributed by atoms with van der Waals surface area (Å²) < 4.78 is 5.54. The van der Waals surface area contributed by atoms with Gasteiger partial charge in [0.25, 0.3) is 0 Å². The van der Waals surface area contributed by atoms with Gasteiger partial charge in [-0.1, -0.05) is 54.9 Å². The molecule has 1 amide bonds. The predicted octanol–water partition coefficient (Wildman–Crippen LogP) is 6.41. The zero-order valence-electron chi connectivity index (χ0n) is 24.2. The first-order valence-electron chi connectivity index (χ1n) is 15.1. The van der Waals surface area contributed by atoms with Crippen molar-refractivity contribution in [1.82, 2.24) is 5.32 Å². The standard InChI is InChI=1S/C31H55NO4/c1-8-21-25-17-20(33)11-14-31(25,7)24-12-15-30(6)22(9-10-23(30)26(24)27(21)34)19(2)13-16-36-28(35)32-18-29(3,4)5/h19-27,33-34H,8-18H2,1-7H3,(H,32,35)/t19-,20-,21-,22-,23+,24+,25?,26?,27-,30-,31?/m1/s1. The minimum atomic E-state index is -0.301. The van der Waals surface area contributed by atoms with Gasteiger partial charge in [0.05, 0.1) is 18.8 Å². The Labute approximate surface area is 220 Å². The Bertz CT molecular complexity index is 779. The van der Waals surface area contributed by atoms with Crippen LogP contribution in [0.4, 0.5) is 4.79 Å². The number of aliphatic hydroxyl groups is 2. The number of rotatable bonds is 6. The second kappa shape index (κ2) is 10.4. The molecule has 36 heavy (non-hydrogen) atoms. The van der Waals surface area contributed by atoms with Crippen molar-refractivity contribution in [2.75, 3.05) is 13.2 Å². The molecule has 4 aliphatic rings. The molecule has 0 spiro atoms. The molecule has 0 aromatic carbocycles. The Hall–Kier alpha value is -0.810. The number of carbonyl (C=O) groups excluding carboxylic acids is 1. The lowest BCUT2D eigenvalue weighted by Crippen LogP contribution is -2.62. The maximum absolute atomic E-state index is 12.1. The molecule has 0 saturated heterocycles. The number of aliphatic hydroxyl groups excluding tert-OH is 2. The second-order valence-corrected chi connectivity index (χ2v) is 14.9. The van der Waals surface area contributed by atoms with Crippen LogP contribution in [0, 0.1) is 57.7 Å². The van der Waals surface area contributed by atoms with Gasteiger partial charge < -0.3 is 20.3 Å². The number of hydrogen-bond donors (Lipinski definition) is 3. The van der Waals surface area contributed by atoms with E-state index in [-0.39, 0.29) is 34.5 Å². The van der Waals surface area contributed by atoms with Crippen molar-refractivity contribution in [2.45, 2.75) is 118 Å². The Morgan fingerprint density at radius 3 is 2.36 bits per heavy atom. The first kappa shape index (κ1) is 28.2. The molecule has 0 bridgehead atoms. The van der Waals surface area contributed by atoms with Crippen LogP contribution >= 0.6 is 0 Å². The van der Waals surface area contributed by atoms with Crippen molar-refractivity contribution in [3.63, 3.8) is 0 Å². The van der Waals surface area contributed by atoms with Gasteiger partial charge in [0.1, 0.15) is 0 Å². The van der Waals surface area contributed by atoms with E-state index < -0.39 is 0 Å². The van der Waals surface area contributed by atoms with Gasteiger partial charge in [-0.3, -0.25) is 0 Å². The fourth-order valence-electron chi connectivity index (χ4n) is 9.86. The monoisotopic (exact) mass is 505 g/mol. The van der Waals surface area contributed by atoms with E-state index in [1.165, 1.54) is 25.7 Å². The minimum Gasteiger partial charge on any atom is -0.450 e. The molecular weight excluding hydrogens is 450 g/mol. The van der Waals surface area contributed by atoms with Gasteiger partial charge in [-0.2, -0.15) is 0 Å². The molecule has 208 valence electrons. The molecule has 5 heteroatoms. The summed E-state index contributed by atoms with van der Waals surface area (Å²) in [7, 11) is 0. The number of carbonyl (C=O) groups is 1. The molecule has 3 unspecified atom stereocenters. The quantitative estimate of drug-likeness (QED) is 0.390. The highest BCUT2D eigenvalue weighted by Crippen LogP contribution is 2.69. The third kappa shape index (κ3) is 5.09. The second-order valence-electron chi connectivity index (χ2n) is 14.9. The number of alkyl carbamates (subject to hydrolysis) is 1. The molecule has 4 aliphatic carbocycles. The van der Waals surface area contributed by atoms with Gasteiger partial charge in [-0.15, -0.1) is 0 Å². The summed E-state index contributed by atoms with van der Waals surface area (Å²) in [5.74, 6) is 3.43. The number of ether oxygens (including phenoxy) is 1. The zero-order chi connectivity index (χ0) is 26.5. The van der Waals surface area contributed by atoms with Crippen LogP contribution in [0.3, 0.4) is 0 Å². The van der Waals surface area contributed by atoms with E-state index >= 15 is 0 Å². The van der Waals surface area contributed by atoms with Crippen LogP contribution in [0.2, 0.25) is 0 Å². The normalized spacial score (nSPS) is 45.2. The average Bonchev–Trinajstić information content (AvgIpc) is 3.16. The van der Waals surface area contributed by atoms with Crippen LogP contribution in [0.15, 0.2) is 0 Å². The molecule has 0 heterocycles. The fraction of sp³-hybridized carbons (Fsp3) is 0.968. The Kier molecular flexibility index (Phi) is 8.14. The molecular formula is C31H55NO4. The van der Waals surface area contributed by atoms with Crippen LogP contribution in [-0.4, -0.2) is 41.7 Å². The van der Waals surface area contributed by atoms with Crippen molar-refractivity contribution in [3.8, 4) is 0 Å². The van der Waals surface area contributed by atoms with Crippen molar-refractivity contribution in [1.29, 1.82) is 0 Å². The summed E-state index contributed by atoms with van der Waals surface area (Å²) in [6.07, 6.45) is 9.00. The van der Waals surface area contributed by atoms with Crippen LogP contribution in [0.5, 0.6) is 0 Å². The van der Waals surface area contributed by atoms with E-state index in [0.717, 1.165) is 32.1 Å². The smallest absolute Gasteiger partial charge is 0.407 e. The summed E-state index contributed by atoms with van der Waals surface area (Å²) >= 11 is 0. The van der Waals surface area contributed by atoms with Crippen molar-refractivity contribution in [2.24, 2.45) is 57.7 Å². The lowest BCUT2D eigenvalue weighted by atomic mass is 9.41. The highest BCUT2D eigenvalue weighted by Gasteiger charge is 2.64. The average molecular weight is 506 g/mol. The van der Waals surface area contributed by atoms with E-state index in [0.29, 0.717) is 54.6 Å². The van der Waals surface area contributed by atoms with Crippen molar-refractivity contribution >= 4 is 6.09 Å². The summed E-state index contributed by atoms with van der Waals surface area (Å²) in [5, 5.41) is 25.2. The van der Waals surface area contributed by atoms with Gasteiger partial charge in [0.15, 0.2) is 0 Å². The molecule has 11 atom stereocenters. The Balaban J connectivity index is 1.42. The predicted molar refractivity (Wildman–Crippen MR) is 144 cm³/mol. The number of fused-ring (bicyclic) bond motifs is 5. The van der Waals surface area contributed by atoms with Crippen LogP contribution in [-0.2, 0) is 4.74 Å². The molecule has 4 saturated carbocycles. The molecule has 5 nitrogen and oxygen atoms in total. The minimum absolute atomic E-state index is 0.0492. The summed E-state index contributed by atoms with van der Waals surface area (Å²) in [6.45, 7) is 17.0. The Morgan fingerprint density at radius 2 is 1.69 bits per heavy atom. The zero-order valence-corrected chi connectivity index (χ0v) is 24.2. The van der Waals surface area contributed by atoms with E-state index in [1.54, 1.807) is 0 Å². The third-order valence-corrected chi connectivity index (χ3v) is 11.7. The highest BCUT2D eigenvalue weighted by molar-refractivity contribution is 5.67. The van der Waals surface area contributed by atoms with Crippen molar-refractivity contribution in [3.05, 3.63) is 0 Å². The van der Waals surface area contributed by atoms with Gasteiger partial charge in [-0.25, -0.2) is 4.79 Å². The van der Waals surface area contributed by atoms with Gasteiger partial charge >= 0.3 is 6.09 Å². The maximum atomic E-state index is 12.1. The number of nitrogens with one attached hydrogen (secondary N) is 1. The molecule has 3 N–H and O–H groups in total. The number of hydrogen-bond acceptors (Lipinski definition) is 4. The lowest BCUT2D eigenvalue weighted by molar-refractivity contribution is -0.203. The van der Waals surface area contributed by atoms with Gasteiger partial charge in [0.2, 0.25) is 0 Å². The van der Waals surface area contributed by atoms with Crippen LogP contribution in [0.1, 0.15) is 106 Å². The molecule has 0 radical (unpaired) electrons. The number of amides is 1. The summed E-state index contributed by atoms with van der Waals surface area (Å²) in [5.41, 5.74) is 0.558. The molecule has 0 aromatic rings. The highest BCUT2D eigenvalue weighted by atomic mass is 16.5. The topological polar surface area (TPSA) is 78.8 Å². The largest absolute Gasteiger partial charge is 0.450 e. The molecule has 4 fully saturated rings. The molecule has 0 aliphatic heterocycles. The SMILES string of the molecule is CC[C@@H]1C2C[C@H](O)CCC2(C)[C@H]2CC[C@]3(C)[C@@H]([C@H](C)CCOC(=O)NCC(C)(C)C)CC[C@H]3C2[C@@H]1O. The van der Waals surface area contributed by atoms with Gasteiger partial charge in [-0.05, 0) is 109 Å². The maximum Gasteiger partial charge on any atom is 0.407 e. The third-order valence-electron chi connectivity index (χ3n) is 11.7. The van der Waals surface area contributed by atoms with E-state index in [4.69, 9.17) is 4.74 Å². The van der Waals surface area contributed by atoms with Crippen molar-refractivity contribution < 1.29 is 19.7 Å². The molecule has 4 rings (SSSR count). The summed E-state index contributed by atoms with van der Waals surface area (Å²) in [6, 6.07) is 0. The molecule has 0 aromatic heterocycles. The lowest BCUT2D eigenvalue weighted by Gasteiger charge is -2.64. The Morgan fingerprint density at radius 1 is 1.03 bits per heavy atom. The summed E-state index contributed by atoms with van der Waals surface area (Å²) in [4.78, 5) is 12.1. The van der Waals surface area contributed by atoms with E-state index in [1.807, 2.05) is 0 Å². The fourth-order valence-corrected chi connectivity index (χ4v) is 9.86. The van der Waals surface area contributed by atoms with Crippen LogP contribution in [0.25, 0.3) is 0 Å². The van der Waals surface area contributed by atoms with E-state index in [9.17, 15) is 15.0 Å².